The number of nitrogens with one attached hydrogen (secondary N) is 1. The van der Waals surface area contributed by atoms with Crippen LogP contribution in [0.15, 0.2) is 36.0 Å². The highest BCUT2D eigenvalue weighted by atomic mass is 32.1. The van der Waals surface area contributed by atoms with Crippen LogP contribution in [0.1, 0.15) is 23.3 Å². The Morgan fingerprint density at radius 2 is 2.33 bits per heavy atom. The van der Waals surface area contributed by atoms with E-state index in [0.717, 1.165) is 23.2 Å². The van der Waals surface area contributed by atoms with E-state index in [4.69, 9.17) is 4.74 Å². The van der Waals surface area contributed by atoms with Gasteiger partial charge in [-0.05, 0) is 30.5 Å². The van der Waals surface area contributed by atoms with Crippen molar-refractivity contribution in [1.82, 2.24) is 10.3 Å². The van der Waals surface area contributed by atoms with Gasteiger partial charge in [-0.2, -0.15) is 0 Å². The predicted octanol–water partition coefficient (Wildman–Crippen LogP) is 2.97. The van der Waals surface area contributed by atoms with Crippen molar-refractivity contribution < 1.29 is 4.74 Å². The summed E-state index contributed by atoms with van der Waals surface area (Å²) in [6.45, 7) is 1.53. The van der Waals surface area contributed by atoms with Gasteiger partial charge in [-0.25, -0.2) is 0 Å². The number of ether oxygens (including phenoxy) is 1. The highest BCUT2D eigenvalue weighted by Crippen LogP contribution is 2.20. The van der Waals surface area contributed by atoms with E-state index in [1.807, 2.05) is 23.8 Å². The number of thiazole rings is 1. The third-order valence-corrected chi connectivity index (χ3v) is 3.69. The Kier molecular flexibility index (Phi) is 3.57. The molecular formula is C14H16N2OS. The van der Waals surface area contributed by atoms with Gasteiger partial charge in [0.25, 0.3) is 0 Å². The molecule has 3 nitrogen and oxygen atoms in total. The summed E-state index contributed by atoms with van der Waals surface area (Å²) in [6.07, 6.45) is 4.49. The smallest absolute Gasteiger partial charge is 0.124 e. The van der Waals surface area contributed by atoms with Gasteiger partial charge >= 0.3 is 0 Å². The van der Waals surface area contributed by atoms with Gasteiger partial charge in [-0.1, -0.05) is 12.1 Å². The van der Waals surface area contributed by atoms with Gasteiger partial charge in [-0.3, -0.25) is 4.98 Å². The zero-order valence-corrected chi connectivity index (χ0v) is 11.0. The lowest BCUT2D eigenvalue weighted by Gasteiger charge is -2.07. The van der Waals surface area contributed by atoms with E-state index >= 15 is 0 Å². The minimum Gasteiger partial charge on any atom is -0.488 e. The van der Waals surface area contributed by atoms with Crippen LogP contribution in [0.5, 0.6) is 5.75 Å². The molecule has 1 N–H and O–H groups in total. The Morgan fingerprint density at radius 1 is 1.39 bits per heavy atom. The Labute approximate surface area is 111 Å². The number of benzene rings is 1. The normalized spacial score (nSPS) is 14.7. The monoisotopic (exact) mass is 260 g/mol. The molecule has 94 valence electrons. The number of hydrogen-bond acceptors (Lipinski definition) is 4. The molecule has 0 amide bonds. The number of nitrogens with zero attached hydrogens (tertiary/aromatic N) is 1. The molecule has 2 aromatic rings. The van der Waals surface area contributed by atoms with Crippen LogP contribution in [0.4, 0.5) is 0 Å². The van der Waals surface area contributed by atoms with E-state index in [0.29, 0.717) is 6.61 Å². The molecule has 1 aliphatic carbocycles. The second-order valence-corrected chi connectivity index (χ2v) is 5.53. The quantitative estimate of drug-likeness (QED) is 0.867. The van der Waals surface area contributed by atoms with Crippen LogP contribution < -0.4 is 10.1 Å². The largest absolute Gasteiger partial charge is 0.488 e. The lowest BCUT2D eigenvalue weighted by molar-refractivity contribution is 0.309. The van der Waals surface area contributed by atoms with Crippen LogP contribution in [0.25, 0.3) is 0 Å². The van der Waals surface area contributed by atoms with E-state index in [1.165, 1.54) is 18.4 Å². The first kappa shape index (κ1) is 11.7. The van der Waals surface area contributed by atoms with Crippen LogP contribution in [0.2, 0.25) is 0 Å². The van der Waals surface area contributed by atoms with Crippen LogP contribution in [0, 0.1) is 0 Å². The Balaban J connectivity index is 1.55. The van der Waals surface area contributed by atoms with Crippen LogP contribution in [0.3, 0.4) is 0 Å². The fourth-order valence-corrected chi connectivity index (χ4v) is 2.27. The van der Waals surface area contributed by atoms with E-state index in [1.54, 1.807) is 11.3 Å². The standard InChI is InChI=1S/C14H16N2OS/c1-2-11(7-16-12-4-5-12)6-13(3-1)17-9-14-8-15-10-18-14/h1-3,6,8,10,12,16H,4-5,7,9H2. The van der Waals surface area contributed by atoms with Gasteiger partial charge < -0.3 is 10.1 Å². The maximum Gasteiger partial charge on any atom is 0.124 e. The molecule has 3 rings (SSSR count). The second-order valence-electron chi connectivity index (χ2n) is 4.56. The molecular weight excluding hydrogens is 244 g/mol. The minimum atomic E-state index is 0.601. The zero-order chi connectivity index (χ0) is 12.2. The second kappa shape index (κ2) is 5.50. The van der Waals surface area contributed by atoms with Crippen molar-refractivity contribution in [2.45, 2.75) is 32.0 Å². The van der Waals surface area contributed by atoms with Crippen LogP contribution in [-0.2, 0) is 13.2 Å². The van der Waals surface area contributed by atoms with Gasteiger partial charge in [0.2, 0.25) is 0 Å². The summed E-state index contributed by atoms with van der Waals surface area (Å²) in [5.74, 6) is 0.929. The molecule has 0 saturated heterocycles. The summed E-state index contributed by atoms with van der Waals surface area (Å²) in [5.41, 5.74) is 3.11. The molecule has 1 saturated carbocycles. The number of hydrogen-bond donors (Lipinski definition) is 1. The molecule has 1 aromatic heterocycles. The molecule has 1 fully saturated rings. The van der Waals surface area contributed by atoms with Gasteiger partial charge in [0.15, 0.2) is 0 Å². The molecule has 1 heterocycles. The van der Waals surface area contributed by atoms with Crippen LogP contribution in [-0.4, -0.2) is 11.0 Å². The first-order chi connectivity index (χ1) is 8.90. The highest BCUT2D eigenvalue weighted by Gasteiger charge is 2.19. The van der Waals surface area contributed by atoms with Gasteiger partial charge in [-0.15, -0.1) is 11.3 Å². The van der Waals surface area contributed by atoms with Gasteiger partial charge in [0.1, 0.15) is 12.4 Å². The summed E-state index contributed by atoms with van der Waals surface area (Å²) < 4.78 is 5.76. The summed E-state index contributed by atoms with van der Waals surface area (Å²) in [4.78, 5) is 5.19. The molecule has 0 aliphatic heterocycles. The Bertz CT molecular complexity index is 494. The molecule has 0 unspecified atom stereocenters. The highest BCUT2D eigenvalue weighted by molar-refractivity contribution is 7.09. The molecule has 1 aliphatic rings. The number of aromatic nitrogens is 1. The first-order valence-corrected chi connectivity index (χ1v) is 7.10. The van der Waals surface area contributed by atoms with Crippen molar-refractivity contribution in [2.24, 2.45) is 0 Å². The third-order valence-electron chi connectivity index (χ3n) is 2.94. The maximum absolute atomic E-state index is 5.76. The zero-order valence-electron chi connectivity index (χ0n) is 10.1. The molecule has 0 bridgehead atoms. The molecule has 18 heavy (non-hydrogen) atoms. The van der Waals surface area contributed by atoms with Gasteiger partial charge in [0.05, 0.1) is 10.4 Å². The Morgan fingerprint density at radius 3 is 3.11 bits per heavy atom. The summed E-state index contributed by atoms with van der Waals surface area (Å²) >= 11 is 1.62. The molecule has 0 spiro atoms. The van der Waals surface area contributed by atoms with Crippen molar-refractivity contribution in [3.63, 3.8) is 0 Å². The predicted molar refractivity (Wildman–Crippen MR) is 72.7 cm³/mol. The molecule has 0 radical (unpaired) electrons. The van der Waals surface area contributed by atoms with Gasteiger partial charge in [0, 0.05) is 18.8 Å². The van der Waals surface area contributed by atoms with E-state index in [2.05, 4.69) is 22.4 Å². The Hall–Kier alpha value is -1.39. The first-order valence-electron chi connectivity index (χ1n) is 6.22. The lowest BCUT2D eigenvalue weighted by atomic mass is 10.2. The third kappa shape index (κ3) is 3.31. The topological polar surface area (TPSA) is 34.1 Å². The van der Waals surface area contributed by atoms with Crippen molar-refractivity contribution in [2.75, 3.05) is 0 Å². The summed E-state index contributed by atoms with van der Waals surface area (Å²) in [5, 5.41) is 3.51. The SMILES string of the molecule is c1cc(CNC2CC2)cc(OCc2cncs2)c1. The van der Waals surface area contributed by atoms with Crippen molar-refractivity contribution >= 4 is 11.3 Å². The minimum absolute atomic E-state index is 0.601. The average Bonchev–Trinajstić information content (AvgIpc) is 3.09. The maximum atomic E-state index is 5.76. The molecule has 0 atom stereocenters. The van der Waals surface area contributed by atoms with Crippen molar-refractivity contribution in [3.8, 4) is 5.75 Å². The summed E-state index contributed by atoms with van der Waals surface area (Å²) in [7, 11) is 0. The fourth-order valence-electron chi connectivity index (χ4n) is 1.76. The average molecular weight is 260 g/mol. The van der Waals surface area contributed by atoms with E-state index < -0.39 is 0 Å². The van der Waals surface area contributed by atoms with E-state index in [-0.39, 0.29) is 0 Å². The molecule has 4 heteroatoms. The van der Waals surface area contributed by atoms with Crippen molar-refractivity contribution in [3.05, 3.63) is 46.4 Å². The van der Waals surface area contributed by atoms with Crippen LogP contribution >= 0.6 is 11.3 Å². The summed E-state index contributed by atoms with van der Waals surface area (Å²) in [6, 6.07) is 9.03. The molecule has 1 aromatic carbocycles. The van der Waals surface area contributed by atoms with E-state index in [9.17, 15) is 0 Å². The number of rotatable bonds is 6. The lowest BCUT2D eigenvalue weighted by Crippen LogP contribution is -2.15. The fraction of sp³-hybridized carbons (Fsp3) is 0.357. The van der Waals surface area contributed by atoms with Crippen molar-refractivity contribution in [1.29, 1.82) is 0 Å².